The quantitative estimate of drug-likeness (QED) is 0.599. The lowest BCUT2D eigenvalue weighted by Gasteiger charge is -2.08. The van der Waals surface area contributed by atoms with E-state index in [2.05, 4.69) is 15.9 Å². The van der Waals surface area contributed by atoms with Crippen LogP contribution in [0, 0.1) is 0 Å². The van der Waals surface area contributed by atoms with E-state index < -0.39 is 10.0 Å². The van der Waals surface area contributed by atoms with E-state index in [9.17, 15) is 8.42 Å². The number of ether oxygens (including phenoxy) is 2. The van der Waals surface area contributed by atoms with Crippen LogP contribution in [-0.2, 0) is 19.6 Å². The Hall–Kier alpha value is -0.670. The van der Waals surface area contributed by atoms with Crippen LogP contribution >= 0.6 is 15.9 Å². The number of benzene rings is 1. The van der Waals surface area contributed by atoms with Gasteiger partial charge in [-0.1, -0.05) is 4.89 Å². The highest BCUT2D eigenvalue weighted by Crippen LogP contribution is 2.27. The molecule has 0 aromatic heterocycles. The van der Waals surface area contributed by atoms with Crippen molar-refractivity contribution in [3.63, 3.8) is 0 Å². The molecule has 0 aliphatic heterocycles. The van der Waals surface area contributed by atoms with E-state index in [1.54, 1.807) is 6.07 Å². The lowest BCUT2D eigenvalue weighted by Crippen LogP contribution is -2.25. The fourth-order valence-electron chi connectivity index (χ4n) is 1.11. The van der Waals surface area contributed by atoms with E-state index >= 15 is 0 Å². The maximum Gasteiger partial charge on any atom is 0.262 e. The van der Waals surface area contributed by atoms with Gasteiger partial charge in [0, 0.05) is 7.11 Å². The summed E-state index contributed by atoms with van der Waals surface area (Å²) in [6.07, 6.45) is 0. The smallest absolute Gasteiger partial charge is 0.262 e. The third-order valence-electron chi connectivity index (χ3n) is 1.99. The predicted octanol–water partition coefficient (Wildman–Crippen LogP) is 1.31. The van der Waals surface area contributed by atoms with E-state index in [0.29, 0.717) is 16.8 Å². The fourth-order valence-corrected chi connectivity index (χ4v) is 2.65. The molecule has 0 radical (unpaired) electrons. The minimum atomic E-state index is -3.70. The maximum atomic E-state index is 11.8. The fraction of sp³-hybridized carbons (Fsp3) is 0.400. The molecule has 0 saturated heterocycles. The van der Waals surface area contributed by atoms with Gasteiger partial charge in [-0.15, -0.1) is 0 Å². The van der Waals surface area contributed by atoms with E-state index in [1.165, 1.54) is 26.4 Å². The molecule has 8 heteroatoms. The van der Waals surface area contributed by atoms with Gasteiger partial charge in [0.25, 0.3) is 10.0 Å². The monoisotopic (exact) mass is 339 g/mol. The van der Waals surface area contributed by atoms with Crippen LogP contribution in [0.25, 0.3) is 0 Å². The standard InChI is InChI=1S/C10H14BrNO5S/c1-15-5-6-17-12-18(13,14)8-3-4-10(16-2)9(11)7-8/h3-4,7,12H,5-6H2,1-2H3. The van der Waals surface area contributed by atoms with Crippen molar-refractivity contribution >= 4 is 26.0 Å². The summed E-state index contributed by atoms with van der Waals surface area (Å²) >= 11 is 3.21. The summed E-state index contributed by atoms with van der Waals surface area (Å²) in [7, 11) is -0.703. The third-order valence-corrected chi connectivity index (χ3v) is 3.82. The lowest BCUT2D eigenvalue weighted by molar-refractivity contribution is 0.0438. The first kappa shape index (κ1) is 15.4. The molecule has 0 saturated carbocycles. The van der Waals surface area contributed by atoms with Crippen molar-refractivity contribution in [2.45, 2.75) is 4.90 Å². The number of hydrogen-bond acceptors (Lipinski definition) is 5. The van der Waals surface area contributed by atoms with Crippen molar-refractivity contribution in [2.24, 2.45) is 0 Å². The van der Waals surface area contributed by atoms with Crippen molar-refractivity contribution in [3.05, 3.63) is 22.7 Å². The average molecular weight is 340 g/mol. The van der Waals surface area contributed by atoms with Gasteiger partial charge >= 0.3 is 0 Å². The van der Waals surface area contributed by atoms with Gasteiger partial charge in [-0.05, 0) is 34.1 Å². The van der Waals surface area contributed by atoms with Crippen LogP contribution in [0.2, 0.25) is 0 Å². The molecule has 0 bridgehead atoms. The molecule has 0 aliphatic carbocycles. The SMILES string of the molecule is COCCONS(=O)(=O)c1ccc(OC)c(Br)c1. The van der Waals surface area contributed by atoms with E-state index in [1.807, 2.05) is 4.89 Å². The number of halogens is 1. The van der Waals surface area contributed by atoms with Gasteiger partial charge in [-0.3, -0.25) is 4.84 Å². The molecule has 0 atom stereocenters. The van der Waals surface area contributed by atoms with Crippen LogP contribution in [0.4, 0.5) is 0 Å². The molecule has 0 heterocycles. The molecule has 1 N–H and O–H groups in total. The second-order valence-electron chi connectivity index (χ2n) is 3.22. The summed E-state index contributed by atoms with van der Waals surface area (Å²) < 4.78 is 33.9. The molecule has 1 aromatic carbocycles. The Morgan fingerprint density at radius 3 is 2.56 bits per heavy atom. The zero-order valence-electron chi connectivity index (χ0n) is 9.97. The molecule has 0 unspecified atom stereocenters. The minimum absolute atomic E-state index is 0.0765. The van der Waals surface area contributed by atoms with Gasteiger partial charge < -0.3 is 9.47 Å². The first-order valence-electron chi connectivity index (χ1n) is 4.97. The summed E-state index contributed by atoms with van der Waals surface area (Å²) in [5.74, 6) is 0.550. The highest BCUT2D eigenvalue weighted by Gasteiger charge is 2.15. The zero-order chi connectivity index (χ0) is 13.6. The topological polar surface area (TPSA) is 73.9 Å². The Labute approximate surface area is 114 Å². The summed E-state index contributed by atoms with van der Waals surface area (Å²) in [4.78, 5) is 6.86. The van der Waals surface area contributed by atoms with Crippen LogP contribution in [0.3, 0.4) is 0 Å². The summed E-state index contributed by atoms with van der Waals surface area (Å²) in [5, 5.41) is 0. The number of methoxy groups -OCH3 is 2. The van der Waals surface area contributed by atoms with Crippen LogP contribution in [-0.4, -0.2) is 35.9 Å². The van der Waals surface area contributed by atoms with Crippen molar-refractivity contribution in [1.29, 1.82) is 0 Å². The lowest BCUT2D eigenvalue weighted by atomic mass is 10.3. The summed E-state index contributed by atoms with van der Waals surface area (Å²) in [6, 6.07) is 4.40. The average Bonchev–Trinajstić information content (AvgIpc) is 2.34. The molecule has 102 valence electrons. The first-order valence-corrected chi connectivity index (χ1v) is 7.25. The van der Waals surface area contributed by atoms with Crippen LogP contribution in [0.5, 0.6) is 5.75 Å². The van der Waals surface area contributed by atoms with Crippen LogP contribution in [0.15, 0.2) is 27.6 Å². The molecule has 0 amide bonds. The Morgan fingerprint density at radius 1 is 1.28 bits per heavy atom. The minimum Gasteiger partial charge on any atom is -0.496 e. The number of sulfonamides is 1. The highest BCUT2D eigenvalue weighted by molar-refractivity contribution is 9.10. The highest BCUT2D eigenvalue weighted by atomic mass is 79.9. The predicted molar refractivity (Wildman–Crippen MR) is 68.8 cm³/mol. The Bertz CT molecular complexity index is 491. The van der Waals surface area contributed by atoms with Crippen LogP contribution < -0.4 is 9.62 Å². The van der Waals surface area contributed by atoms with E-state index in [0.717, 1.165) is 0 Å². The van der Waals surface area contributed by atoms with E-state index in [4.69, 9.17) is 14.3 Å². The van der Waals surface area contributed by atoms with Crippen molar-refractivity contribution < 1.29 is 22.7 Å². The van der Waals surface area contributed by atoms with Gasteiger partial charge in [-0.25, -0.2) is 8.42 Å². The second kappa shape index (κ2) is 7.05. The Kier molecular flexibility index (Phi) is 6.03. The Morgan fingerprint density at radius 2 is 2.00 bits per heavy atom. The van der Waals surface area contributed by atoms with Crippen molar-refractivity contribution in [2.75, 3.05) is 27.4 Å². The third kappa shape index (κ3) is 4.21. The molecular formula is C10H14BrNO5S. The molecule has 1 aromatic rings. The largest absolute Gasteiger partial charge is 0.496 e. The number of hydrogen-bond donors (Lipinski definition) is 1. The van der Waals surface area contributed by atoms with Crippen molar-refractivity contribution in [3.8, 4) is 5.75 Å². The van der Waals surface area contributed by atoms with Crippen LogP contribution in [0.1, 0.15) is 0 Å². The molecule has 1 rings (SSSR count). The number of rotatable bonds is 7. The molecule has 18 heavy (non-hydrogen) atoms. The summed E-state index contributed by atoms with van der Waals surface area (Å²) in [6.45, 7) is 0.432. The molecule has 0 aliphatic rings. The number of nitrogens with one attached hydrogen (secondary N) is 1. The zero-order valence-corrected chi connectivity index (χ0v) is 12.4. The molecular weight excluding hydrogens is 326 g/mol. The molecule has 0 spiro atoms. The second-order valence-corrected chi connectivity index (χ2v) is 5.72. The van der Waals surface area contributed by atoms with Gasteiger partial charge in [0.1, 0.15) is 5.75 Å². The van der Waals surface area contributed by atoms with Gasteiger partial charge in [0.2, 0.25) is 0 Å². The van der Waals surface area contributed by atoms with Crippen molar-refractivity contribution in [1.82, 2.24) is 4.89 Å². The maximum absolute atomic E-state index is 11.8. The van der Waals surface area contributed by atoms with Gasteiger partial charge in [0.15, 0.2) is 0 Å². The normalized spacial score (nSPS) is 11.5. The van der Waals surface area contributed by atoms with Gasteiger partial charge in [0.05, 0.1) is 29.7 Å². The summed E-state index contributed by atoms with van der Waals surface area (Å²) in [5.41, 5.74) is 0. The molecule has 0 fully saturated rings. The Balaban J connectivity index is 2.76. The molecule has 6 nitrogen and oxygen atoms in total. The van der Waals surface area contributed by atoms with E-state index in [-0.39, 0.29) is 11.5 Å². The van der Waals surface area contributed by atoms with Gasteiger partial charge in [-0.2, -0.15) is 0 Å². The first-order chi connectivity index (χ1) is 8.51.